The van der Waals surface area contributed by atoms with E-state index in [4.69, 9.17) is 0 Å². The minimum Gasteiger partial charge on any atom is -0.303 e. The second-order valence-corrected chi connectivity index (χ2v) is 3.34. The summed E-state index contributed by atoms with van der Waals surface area (Å²) in [6.07, 6.45) is 2.73. The number of hydrogen-bond acceptors (Lipinski definition) is 1. The van der Waals surface area contributed by atoms with Crippen LogP contribution in [0.4, 0.5) is 0 Å². The van der Waals surface area contributed by atoms with Crippen molar-refractivity contribution in [2.24, 2.45) is 5.92 Å². The van der Waals surface area contributed by atoms with Crippen LogP contribution < -0.4 is 0 Å². The lowest BCUT2D eigenvalue weighted by molar-refractivity contribution is 0.302. The zero-order valence-electron chi connectivity index (χ0n) is 6.72. The molecule has 1 aliphatic heterocycles. The van der Waals surface area contributed by atoms with E-state index in [2.05, 4.69) is 25.8 Å². The van der Waals surface area contributed by atoms with Crippen LogP contribution in [0, 0.1) is 5.92 Å². The van der Waals surface area contributed by atoms with Gasteiger partial charge in [-0.25, -0.2) is 0 Å². The largest absolute Gasteiger partial charge is 0.303 e. The summed E-state index contributed by atoms with van der Waals surface area (Å²) in [4.78, 5) is 2.48. The van der Waals surface area contributed by atoms with E-state index in [0.29, 0.717) is 0 Å². The average molecular weight is 127 g/mol. The molecule has 9 heavy (non-hydrogen) atoms. The second-order valence-electron chi connectivity index (χ2n) is 3.34. The van der Waals surface area contributed by atoms with Crippen molar-refractivity contribution < 1.29 is 0 Å². The highest BCUT2D eigenvalue weighted by molar-refractivity contribution is 4.79. The van der Waals surface area contributed by atoms with Gasteiger partial charge in [-0.15, -0.1) is 0 Å². The van der Waals surface area contributed by atoms with Crippen molar-refractivity contribution in [3.63, 3.8) is 0 Å². The summed E-state index contributed by atoms with van der Waals surface area (Å²) in [7, 11) is 2.23. The summed E-state index contributed by atoms with van der Waals surface area (Å²) >= 11 is 0. The first kappa shape index (κ1) is 7.07. The van der Waals surface area contributed by atoms with E-state index in [1.165, 1.54) is 19.4 Å². The van der Waals surface area contributed by atoms with Gasteiger partial charge in [-0.05, 0) is 25.8 Å². The zero-order valence-corrected chi connectivity index (χ0v) is 6.72. The van der Waals surface area contributed by atoms with Gasteiger partial charge < -0.3 is 4.90 Å². The van der Waals surface area contributed by atoms with Crippen LogP contribution in [0.2, 0.25) is 0 Å². The Bertz CT molecular complexity index is 90.6. The maximum absolute atomic E-state index is 2.48. The molecule has 0 spiro atoms. The minimum absolute atomic E-state index is 0.875. The Morgan fingerprint density at radius 3 is 2.44 bits per heavy atom. The number of rotatable bonds is 1. The molecule has 1 fully saturated rings. The van der Waals surface area contributed by atoms with Gasteiger partial charge in [0.15, 0.2) is 0 Å². The van der Waals surface area contributed by atoms with Gasteiger partial charge in [0.25, 0.3) is 0 Å². The van der Waals surface area contributed by atoms with Gasteiger partial charge in [0.05, 0.1) is 0 Å². The molecule has 0 aliphatic carbocycles. The summed E-state index contributed by atoms with van der Waals surface area (Å²) in [5, 5.41) is 0. The van der Waals surface area contributed by atoms with Gasteiger partial charge >= 0.3 is 0 Å². The van der Waals surface area contributed by atoms with Crippen LogP contribution in [0.1, 0.15) is 26.7 Å². The molecule has 0 saturated carbocycles. The standard InChI is InChI=1S/C8H17N/c1-4-8-5-7(2)6-9(8)3/h7-8H,4-6H2,1-3H3/t7-,8+/m1/s1. The third-order valence-electron chi connectivity index (χ3n) is 2.37. The van der Waals surface area contributed by atoms with Gasteiger partial charge in [-0.1, -0.05) is 13.8 Å². The molecule has 1 heterocycles. The molecule has 1 heteroatoms. The molecule has 0 aromatic carbocycles. The van der Waals surface area contributed by atoms with Crippen molar-refractivity contribution in [3.8, 4) is 0 Å². The summed E-state index contributed by atoms with van der Waals surface area (Å²) in [5.74, 6) is 0.931. The average Bonchev–Trinajstić information content (AvgIpc) is 2.10. The van der Waals surface area contributed by atoms with E-state index in [1.54, 1.807) is 0 Å². The van der Waals surface area contributed by atoms with Gasteiger partial charge in [0.2, 0.25) is 0 Å². The Morgan fingerprint density at radius 1 is 1.56 bits per heavy atom. The van der Waals surface area contributed by atoms with Gasteiger partial charge in [0, 0.05) is 12.6 Å². The van der Waals surface area contributed by atoms with E-state index in [-0.39, 0.29) is 0 Å². The molecular formula is C8H17N. The monoisotopic (exact) mass is 127 g/mol. The third-order valence-corrected chi connectivity index (χ3v) is 2.37. The van der Waals surface area contributed by atoms with Crippen molar-refractivity contribution in [3.05, 3.63) is 0 Å². The lowest BCUT2D eigenvalue weighted by Gasteiger charge is -2.16. The Morgan fingerprint density at radius 2 is 2.22 bits per heavy atom. The highest BCUT2D eigenvalue weighted by Gasteiger charge is 2.24. The predicted octanol–water partition coefficient (Wildman–Crippen LogP) is 1.74. The fourth-order valence-electron chi connectivity index (χ4n) is 1.84. The Kier molecular flexibility index (Phi) is 2.12. The van der Waals surface area contributed by atoms with Crippen LogP contribution in [-0.2, 0) is 0 Å². The molecule has 1 saturated heterocycles. The van der Waals surface area contributed by atoms with Crippen LogP contribution in [0.15, 0.2) is 0 Å². The molecule has 0 aromatic rings. The molecule has 0 amide bonds. The van der Waals surface area contributed by atoms with Gasteiger partial charge in [-0.3, -0.25) is 0 Å². The first-order chi connectivity index (χ1) is 4.24. The Balaban J connectivity index is 2.38. The zero-order chi connectivity index (χ0) is 6.85. The van der Waals surface area contributed by atoms with E-state index in [1.807, 2.05) is 0 Å². The summed E-state index contributed by atoms with van der Waals surface area (Å²) in [6.45, 7) is 5.92. The van der Waals surface area contributed by atoms with E-state index >= 15 is 0 Å². The molecule has 0 aromatic heterocycles. The summed E-state index contributed by atoms with van der Waals surface area (Å²) in [5.41, 5.74) is 0. The van der Waals surface area contributed by atoms with Crippen molar-refractivity contribution in [1.82, 2.24) is 4.90 Å². The molecule has 1 nitrogen and oxygen atoms in total. The summed E-state index contributed by atoms with van der Waals surface area (Å²) < 4.78 is 0. The predicted molar refractivity (Wildman–Crippen MR) is 40.5 cm³/mol. The van der Waals surface area contributed by atoms with Crippen molar-refractivity contribution >= 4 is 0 Å². The number of hydrogen-bond donors (Lipinski definition) is 0. The van der Waals surface area contributed by atoms with Crippen LogP contribution >= 0.6 is 0 Å². The van der Waals surface area contributed by atoms with E-state index < -0.39 is 0 Å². The fraction of sp³-hybridized carbons (Fsp3) is 1.00. The van der Waals surface area contributed by atoms with Crippen molar-refractivity contribution in [2.45, 2.75) is 32.7 Å². The SMILES string of the molecule is CC[C@H]1C[C@@H](C)CN1C. The van der Waals surface area contributed by atoms with Crippen LogP contribution in [-0.4, -0.2) is 24.5 Å². The lowest BCUT2D eigenvalue weighted by Crippen LogP contribution is -2.23. The molecule has 0 radical (unpaired) electrons. The van der Waals surface area contributed by atoms with Crippen LogP contribution in [0.3, 0.4) is 0 Å². The van der Waals surface area contributed by atoms with E-state index in [0.717, 1.165) is 12.0 Å². The molecule has 0 unspecified atom stereocenters. The molecular weight excluding hydrogens is 110 g/mol. The molecule has 0 bridgehead atoms. The lowest BCUT2D eigenvalue weighted by atomic mass is 10.1. The number of likely N-dealkylation sites (tertiary alicyclic amines) is 1. The quantitative estimate of drug-likeness (QED) is 0.518. The minimum atomic E-state index is 0.875. The Hall–Kier alpha value is -0.0400. The first-order valence-corrected chi connectivity index (χ1v) is 3.94. The molecule has 1 aliphatic rings. The Labute approximate surface area is 58.0 Å². The van der Waals surface area contributed by atoms with Crippen molar-refractivity contribution in [2.75, 3.05) is 13.6 Å². The maximum Gasteiger partial charge on any atom is 0.00927 e. The van der Waals surface area contributed by atoms with Gasteiger partial charge in [-0.2, -0.15) is 0 Å². The molecule has 1 rings (SSSR count). The molecule has 2 atom stereocenters. The smallest absolute Gasteiger partial charge is 0.00927 e. The van der Waals surface area contributed by atoms with Crippen LogP contribution in [0.25, 0.3) is 0 Å². The maximum atomic E-state index is 2.48. The van der Waals surface area contributed by atoms with Crippen LogP contribution in [0.5, 0.6) is 0 Å². The van der Waals surface area contributed by atoms with Gasteiger partial charge in [0.1, 0.15) is 0 Å². The normalized spacial score (nSPS) is 37.7. The molecule has 0 N–H and O–H groups in total. The summed E-state index contributed by atoms with van der Waals surface area (Å²) in [6, 6.07) is 0.875. The highest BCUT2D eigenvalue weighted by Crippen LogP contribution is 2.22. The third kappa shape index (κ3) is 1.45. The van der Waals surface area contributed by atoms with Crippen molar-refractivity contribution in [1.29, 1.82) is 0 Å². The topological polar surface area (TPSA) is 3.24 Å². The fourth-order valence-corrected chi connectivity index (χ4v) is 1.84. The first-order valence-electron chi connectivity index (χ1n) is 3.94. The highest BCUT2D eigenvalue weighted by atomic mass is 15.1. The number of nitrogens with zero attached hydrogens (tertiary/aromatic N) is 1. The second kappa shape index (κ2) is 2.70. The molecule has 54 valence electrons. The van der Waals surface area contributed by atoms with E-state index in [9.17, 15) is 0 Å².